The van der Waals surface area contributed by atoms with E-state index in [2.05, 4.69) is 5.32 Å². The van der Waals surface area contributed by atoms with E-state index in [1.165, 1.54) is 0 Å². The van der Waals surface area contributed by atoms with E-state index in [-0.39, 0.29) is 11.9 Å². The largest absolute Gasteiger partial charge is 0.481 e. The van der Waals surface area contributed by atoms with E-state index in [0.717, 1.165) is 18.4 Å². The van der Waals surface area contributed by atoms with E-state index in [9.17, 15) is 14.7 Å². The van der Waals surface area contributed by atoms with Gasteiger partial charge in [-0.1, -0.05) is 36.6 Å². The first-order valence-electron chi connectivity index (χ1n) is 7.27. The van der Waals surface area contributed by atoms with Gasteiger partial charge < -0.3 is 10.4 Å². The lowest BCUT2D eigenvalue weighted by molar-refractivity contribution is -0.149. The Labute approximate surface area is 129 Å². The molecule has 1 aliphatic carbocycles. The van der Waals surface area contributed by atoms with E-state index < -0.39 is 17.8 Å². The van der Waals surface area contributed by atoms with Crippen molar-refractivity contribution in [3.05, 3.63) is 34.9 Å². The standard InChI is InChI=1S/C16H20ClNO3/c1-10(11-5-4-6-12(17)9-11)18-15(19)13-7-2-3-8-14(13)16(20)21/h4-6,9-10,13-14H,2-3,7-8H2,1H3,(H,18,19)(H,20,21)/t10-,13+,14-/m0/s1. The van der Waals surface area contributed by atoms with Crippen LogP contribution in [0.4, 0.5) is 0 Å². The molecular weight excluding hydrogens is 290 g/mol. The topological polar surface area (TPSA) is 66.4 Å². The summed E-state index contributed by atoms with van der Waals surface area (Å²) in [6.45, 7) is 1.88. The molecule has 3 atom stereocenters. The fourth-order valence-electron chi connectivity index (χ4n) is 2.92. The monoisotopic (exact) mass is 309 g/mol. The number of amides is 1. The number of aliphatic carboxylic acids is 1. The minimum Gasteiger partial charge on any atom is -0.481 e. The molecule has 1 amide bonds. The average Bonchev–Trinajstić information content (AvgIpc) is 2.47. The molecule has 1 fully saturated rings. The summed E-state index contributed by atoms with van der Waals surface area (Å²) >= 11 is 5.95. The van der Waals surface area contributed by atoms with Gasteiger partial charge in [0.15, 0.2) is 0 Å². The number of hydrogen-bond donors (Lipinski definition) is 2. The summed E-state index contributed by atoms with van der Waals surface area (Å²) in [5.74, 6) is -2.04. The quantitative estimate of drug-likeness (QED) is 0.895. The number of rotatable bonds is 4. The highest BCUT2D eigenvalue weighted by Gasteiger charge is 2.36. The number of carbonyl (C=O) groups excluding carboxylic acids is 1. The van der Waals surface area contributed by atoms with Crippen LogP contribution in [0.3, 0.4) is 0 Å². The van der Waals surface area contributed by atoms with E-state index >= 15 is 0 Å². The molecule has 0 bridgehead atoms. The Morgan fingerprint density at radius 1 is 1.29 bits per heavy atom. The van der Waals surface area contributed by atoms with Gasteiger partial charge in [0.05, 0.1) is 17.9 Å². The van der Waals surface area contributed by atoms with Gasteiger partial charge in [-0.3, -0.25) is 9.59 Å². The summed E-state index contributed by atoms with van der Waals surface area (Å²) in [7, 11) is 0. The van der Waals surface area contributed by atoms with Crippen molar-refractivity contribution >= 4 is 23.5 Å². The van der Waals surface area contributed by atoms with Gasteiger partial charge in [-0.2, -0.15) is 0 Å². The summed E-state index contributed by atoms with van der Waals surface area (Å²) in [5, 5.41) is 12.8. The number of hydrogen-bond acceptors (Lipinski definition) is 2. The molecule has 1 aromatic rings. The Morgan fingerprint density at radius 3 is 2.57 bits per heavy atom. The van der Waals surface area contributed by atoms with Gasteiger partial charge >= 0.3 is 5.97 Å². The minimum atomic E-state index is -0.870. The zero-order chi connectivity index (χ0) is 15.4. The van der Waals surface area contributed by atoms with Crippen LogP contribution in [0, 0.1) is 11.8 Å². The molecule has 1 aliphatic rings. The highest BCUT2D eigenvalue weighted by Crippen LogP contribution is 2.31. The Kier molecular flexibility index (Phi) is 5.23. The Bertz CT molecular complexity index is 532. The van der Waals surface area contributed by atoms with Crippen molar-refractivity contribution in [3.8, 4) is 0 Å². The smallest absolute Gasteiger partial charge is 0.307 e. The van der Waals surface area contributed by atoms with Crippen LogP contribution in [-0.2, 0) is 9.59 Å². The summed E-state index contributed by atoms with van der Waals surface area (Å²) in [6.07, 6.45) is 3.02. The Morgan fingerprint density at radius 2 is 1.95 bits per heavy atom. The van der Waals surface area contributed by atoms with Gasteiger partial charge in [0.25, 0.3) is 0 Å². The second-order valence-electron chi connectivity index (χ2n) is 5.62. The number of halogens is 1. The molecule has 2 rings (SSSR count). The van der Waals surface area contributed by atoms with E-state index in [0.29, 0.717) is 17.9 Å². The maximum Gasteiger partial charge on any atom is 0.307 e. The van der Waals surface area contributed by atoms with Crippen LogP contribution in [0.25, 0.3) is 0 Å². The van der Waals surface area contributed by atoms with Crippen LogP contribution >= 0.6 is 11.6 Å². The van der Waals surface area contributed by atoms with E-state index in [4.69, 9.17) is 11.6 Å². The van der Waals surface area contributed by atoms with Crippen molar-refractivity contribution < 1.29 is 14.7 Å². The van der Waals surface area contributed by atoms with E-state index in [1.807, 2.05) is 25.1 Å². The van der Waals surface area contributed by atoms with Gasteiger partial charge in [-0.25, -0.2) is 0 Å². The second-order valence-corrected chi connectivity index (χ2v) is 6.06. The zero-order valence-electron chi connectivity index (χ0n) is 12.0. The molecule has 0 unspecified atom stereocenters. The van der Waals surface area contributed by atoms with Gasteiger partial charge in [-0.05, 0) is 37.5 Å². The third-order valence-corrected chi connectivity index (χ3v) is 4.36. The van der Waals surface area contributed by atoms with Crippen molar-refractivity contribution in [1.82, 2.24) is 5.32 Å². The lowest BCUT2D eigenvalue weighted by atomic mass is 9.78. The molecule has 0 saturated heterocycles. The third kappa shape index (κ3) is 3.97. The maximum absolute atomic E-state index is 12.4. The van der Waals surface area contributed by atoms with Crippen LogP contribution in [0.2, 0.25) is 5.02 Å². The van der Waals surface area contributed by atoms with Crippen molar-refractivity contribution in [2.45, 2.75) is 38.6 Å². The molecule has 1 aromatic carbocycles. The normalized spacial score (nSPS) is 23.3. The average molecular weight is 310 g/mol. The van der Waals surface area contributed by atoms with Crippen molar-refractivity contribution in [2.24, 2.45) is 11.8 Å². The molecule has 2 N–H and O–H groups in total. The number of carboxylic acid groups (broad SMARTS) is 1. The van der Waals surface area contributed by atoms with Crippen molar-refractivity contribution in [2.75, 3.05) is 0 Å². The second kappa shape index (κ2) is 6.94. The van der Waals surface area contributed by atoms with Gasteiger partial charge in [0.1, 0.15) is 0 Å². The molecular formula is C16H20ClNO3. The molecule has 4 nitrogen and oxygen atoms in total. The first-order chi connectivity index (χ1) is 9.99. The van der Waals surface area contributed by atoms with Crippen LogP contribution in [0.5, 0.6) is 0 Å². The SMILES string of the molecule is C[C@H](NC(=O)[C@@H]1CCCC[C@@H]1C(=O)O)c1cccc(Cl)c1. The van der Waals surface area contributed by atoms with E-state index in [1.54, 1.807) is 6.07 Å². The number of carbonyl (C=O) groups is 2. The molecule has 0 spiro atoms. The molecule has 0 aromatic heterocycles. The summed E-state index contributed by atoms with van der Waals surface area (Å²) in [5.41, 5.74) is 0.915. The maximum atomic E-state index is 12.4. The highest BCUT2D eigenvalue weighted by atomic mass is 35.5. The third-order valence-electron chi connectivity index (χ3n) is 4.13. The Hall–Kier alpha value is -1.55. The van der Waals surface area contributed by atoms with Crippen LogP contribution < -0.4 is 5.32 Å². The summed E-state index contributed by atoms with van der Waals surface area (Å²) < 4.78 is 0. The van der Waals surface area contributed by atoms with Gasteiger partial charge in [0, 0.05) is 5.02 Å². The van der Waals surface area contributed by atoms with Crippen LogP contribution in [0.1, 0.15) is 44.2 Å². The fourth-order valence-corrected chi connectivity index (χ4v) is 3.12. The number of nitrogens with one attached hydrogen (secondary N) is 1. The first-order valence-corrected chi connectivity index (χ1v) is 7.65. The zero-order valence-corrected chi connectivity index (χ0v) is 12.8. The fraction of sp³-hybridized carbons (Fsp3) is 0.500. The minimum absolute atomic E-state index is 0.172. The number of benzene rings is 1. The highest BCUT2D eigenvalue weighted by molar-refractivity contribution is 6.30. The molecule has 0 radical (unpaired) electrons. The predicted octanol–water partition coefficient (Wildman–Crippen LogP) is 3.41. The molecule has 0 heterocycles. The number of carboxylic acids is 1. The van der Waals surface area contributed by atoms with Crippen LogP contribution in [-0.4, -0.2) is 17.0 Å². The Balaban J connectivity index is 2.04. The first kappa shape index (κ1) is 15.8. The molecule has 114 valence electrons. The van der Waals surface area contributed by atoms with Gasteiger partial charge in [-0.15, -0.1) is 0 Å². The molecule has 21 heavy (non-hydrogen) atoms. The van der Waals surface area contributed by atoms with Crippen molar-refractivity contribution in [1.29, 1.82) is 0 Å². The van der Waals surface area contributed by atoms with Crippen molar-refractivity contribution in [3.63, 3.8) is 0 Å². The molecule has 1 saturated carbocycles. The lowest BCUT2D eigenvalue weighted by Crippen LogP contribution is -2.40. The predicted molar refractivity (Wildman–Crippen MR) is 81.1 cm³/mol. The lowest BCUT2D eigenvalue weighted by Gasteiger charge is -2.28. The molecule has 5 heteroatoms. The van der Waals surface area contributed by atoms with Gasteiger partial charge in [0.2, 0.25) is 5.91 Å². The summed E-state index contributed by atoms with van der Waals surface area (Å²) in [6, 6.07) is 7.13. The molecule has 0 aliphatic heterocycles. The summed E-state index contributed by atoms with van der Waals surface area (Å²) in [4.78, 5) is 23.6. The van der Waals surface area contributed by atoms with Crippen LogP contribution in [0.15, 0.2) is 24.3 Å².